The van der Waals surface area contributed by atoms with Gasteiger partial charge in [0, 0.05) is 42.0 Å². The summed E-state index contributed by atoms with van der Waals surface area (Å²) in [5.41, 5.74) is 1.34. The molecular weight excluding hydrogens is 405 g/mol. The van der Waals surface area contributed by atoms with E-state index in [1.54, 1.807) is 48.3 Å². The number of rotatable bonds is 7. The van der Waals surface area contributed by atoms with E-state index in [9.17, 15) is 4.39 Å². The summed E-state index contributed by atoms with van der Waals surface area (Å²) in [6.45, 7) is 0.618. The predicted octanol–water partition coefficient (Wildman–Crippen LogP) is 4.57. The van der Waals surface area contributed by atoms with Gasteiger partial charge in [-0.15, -0.1) is 11.3 Å². The van der Waals surface area contributed by atoms with Crippen LogP contribution in [0, 0.1) is 5.82 Å². The Morgan fingerprint density at radius 3 is 2.60 bits per heavy atom. The van der Waals surface area contributed by atoms with Crippen LogP contribution in [-0.4, -0.2) is 34.1 Å². The van der Waals surface area contributed by atoms with E-state index in [0.29, 0.717) is 41.0 Å². The van der Waals surface area contributed by atoms with Gasteiger partial charge in [0.15, 0.2) is 5.75 Å². The van der Waals surface area contributed by atoms with Crippen molar-refractivity contribution in [1.29, 1.82) is 0 Å². The van der Waals surface area contributed by atoms with Crippen LogP contribution in [0.1, 0.15) is 5.01 Å². The topological polar surface area (TPSA) is 73.3 Å². The Labute approximate surface area is 176 Å². The molecule has 0 bridgehead atoms. The lowest BCUT2D eigenvalue weighted by atomic mass is 10.1. The van der Waals surface area contributed by atoms with Crippen molar-refractivity contribution in [3.05, 3.63) is 71.3 Å². The Bertz CT molecular complexity index is 1120. The highest BCUT2D eigenvalue weighted by molar-refractivity contribution is 7.09. The first-order valence-corrected chi connectivity index (χ1v) is 9.90. The van der Waals surface area contributed by atoms with E-state index in [1.807, 2.05) is 23.4 Å². The van der Waals surface area contributed by atoms with Gasteiger partial charge in [0.1, 0.15) is 16.6 Å². The number of aromatic nitrogens is 4. The first-order valence-electron chi connectivity index (χ1n) is 9.02. The Kier molecular flexibility index (Phi) is 5.80. The number of hydrogen-bond acceptors (Lipinski definition) is 8. The second kappa shape index (κ2) is 8.83. The zero-order chi connectivity index (χ0) is 20.9. The molecule has 0 atom stereocenters. The van der Waals surface area contributed by atoms with Crippen LogP contribution in [0.5, 0.6) is 17.4 Å². The molecule has 0 fully saturated rings. The van der Waals surface area contributed by atoms with Crippen molar-refractivity contribution in [2.24, 2.45) is 0 Å². The van der Waals surface area contributed by atoms with Crippen molar-refractivity contribution in [3.8, 4) is 28.5 Å². The third kappa shape index (κ3) is 4.36. The van der Waals surface area contributed by atoms with Gasteiger partial charge in [0.05, 0.1) is 26.0 Å². The van der Waals surface area contributed by atoms with E-state index < -0.39 is 0 Å². The summed E-state index contributed by atoms with van der Waals surface area (Å²) in [6.07, 6.45) is 6.56. The average Bonchev–Trinajstić information content (AvgIpc) is 3.28. The SMILES string of the molecule is COc1cc(F)ccc1-c1cccnc1Oc1cnc(N(C)Cc2nccs2)nc1. The van der Waals surface area contributed by atoms with Crippen molar-refractivity contribution in [2.75, 3.05) is 19.1 Å². The highest BCUT2D eigenvalue weighted by atomic mass is 32.1. The zero-order valence-electron chi connectivity index (χ0n) is 16.3. The summed E-state index contributed by atoms with van der Waals surface area (Å²) in [4.78, 5) is 19.2. The molecule has 3 aromatic heterocycles. The quantitative estimate of drug-likeness (QED) is 0.431. The standard InChI is InChI=1S/C21H18FN5O2S/c1-27(13-19-23-8-9-30-19)21-25-11-15(12-26-21)29-20-17(4-3-7-24-20)16-6-5-14(22)10-18(16)28-2/h3-12H,13H2,1-2H3. The Hall–Kier alpha value is -3.59. The number of hydrogen-bond donors (Lipinski definition) is 0. The van der Waals surface area contributed by atoms with Crippen molar-refractivity contribution in [2.45, 2.75) is 6.54 Å². The van der Waals surface area contributed by atoms with Crippen molar-refractivity contribution < 1.29 is 13.9 Å². The lowest BCUT2D eigenvalue weighted by molar-refractivity contribution is 0.412. The summed E-state index contributed by atoms with van der Waals surface area (Å²) in [5.74, 6) is 1.34. The highest BCUT2D eigenvalue weighted by Gasteiger charge is 2.15. The summed E-state index contributed by atoms with van der Waals surface area (Å²) in [5, 5.41) is 2.91. The fourth-order valence-corrected chi connectivity index (χ4v) is 3.51. The summed E-state index contributed by atoms with van der Waals surface area (Å²) in [6, 6.07) is 7.92. The minimum atomic E-state index is -0.382. The van der Waals surface area contributed by atoms with Crippen LogP contribution in [0.3, 0.4) is 0 Å². The fourth-order valence-electron chi connectivity index (χ4n) is 2.84. The summed E-state index contributed by atoms with van der Waals surface area (Å²) in [7, 11) is 3.39. The highest BCUT2D eigenvalue weighted by Crippen LogP contribution is 2.37. The smallest absolute Gasteiger partial charge is 0.227 e. The number of nitrogens with zero attached hydrogens (tertiary/aromatic N) is 5. The van der Waals surface area contributed by atoms with Gasteiger partial charge in [0.2, 0.25) is 11.8 Å². The van der Waals surface area contributed by atoms with Gasteiger partial charge in [-0.1, -0.05) is 0 Å². The maximum atomic E-state index is 13.6. The number of halogens is 1. The number of benzene rings is 1. The third-order valence-electron chi connectivity index (χ3n) is 4.25. The second-order valence-corrected chi connectivity index (χ2v) is 7.28. The van der Waals surface area contributed by atoms with Crippen molar-refractivity contribution in [1.82, 2.24) is 19.9 Å². The lowest BCUT2D eigenvalue weighted by Crippen LogP contribution is -2.18. The molecule has 0 N–H and O–H groups in total. The molecule has 0 amide bonds. The molecule has 1 aromatic carbocycles. The summed E-state index contributed by atoms with van der Waals surface area (Å²) < 4.78 is 24.8. The van der Waals surface area contributed by atoms with Crippen LogP contribution in [0.4, 0.5) is 10.3 Å². The van der Waals surface area contributed by atoms with Crippen LogP contribution >= 0.6 is 11.3 Å². The number of anilines is 1. The van der Waals surface area contributed by atoms with E-state index in [0.717, 1.165) is 5.01 Å². The second-order valence-electron chi connectivity index (χ2n) is 6.30. The molecule has 30 heavy (non-hydrogen) atoms. The van der Waals surface area contributed by atoms with Crippen LogP contribution in [-0.2, 0) is 6.54 Å². The maximum absolute atomic E-state index is 13.6. The first-order chi connectivity index (χ1) is 14.6. The number of ether oxygens (including phenoxy) is 2. The zero-order valence-corrected chi connectivity index (χ0v) is 17.1. The molecule has 4 rings (SSSR count). The minimum Gasteiger partial charge on any atom is -0.496 e. The molecule has 0 saturated heterocycles. The van der Waals surface area contributed by atoms with E-state index in [1.165, 1.54) is 19.2 Å². The molecule has 0 aliphatic rings. The van der Waals surface area contributed by atoms with Gasteiger partial charge in [0.25, 0.3) is 0 Å². The normalized spacial score (nSPS) is 10.6. The Balaban J connectivity index is 1.55. The van der Waals surface area contributed by atoms with E-state index >= 15 is 0 Å². The van der Waals surface area contributed by atoms with E-state index in [2.05, 4.69) is 19.9 Å². The first kappa shape index (κ1) is 19.7. The number of thiazole rings is 1. The maximum Gasteiger partial charge on any atom is 0.227 e. The van der Waals surface area contributed by atoms with Gasteiger partial charge < -0.3 is 14.4 Å². The minimum absolute atomic E-state index is 0.342. The van der Waals surface area contributed by atoms with E-state index in [4.69, 9.17) is 9.47 Å². The molecule has 0 radical (unpaired) electrons. The van der Waals surface area contributed by atoms with Crippen molar-refractivity contribution >= 4 is 17.3 Å². The molecule has 9 heteroatoms. The molecule has 0 aliphatic carbocycles. The molecule has 0 unspecified atom stereocenters. The van der Waals surface area contributed by atoms with E-state index in [-0.39, 0.29) is 5.82 Å². The Morgan fingerprint density at radius 1 is 1.03 bits per heavy atom. The van der Waals surface area contributed by atoms with Gasteiger partial charge in [-0.05, 0) is 24.3 Å². The molecule has 0 spiro atoms. The molecule has 3 heterocycles. The third-order valence-corrected chi connectivity index (χ3v) is 5.02. The largest absolute Gasteiger partial charge is 0.496 e. The van der Waals surface area contributed by atoms with Gasteiger partial charge >= 0.3 is 0 Å². The van der Waals surface area contributed by atoms with Crippen LogP contribution in [0.15, 0.2) is 60.5 Å². The predicted molar refractivity (Wildman–Crippen MR) is 113 cm³/mol. The molecule has 7 nitrogen and oxygen atoms in total. The van der Waals surface area contributed by atoms with Crippen molar-refractivity contribution in [3.63, 3.8) is 0 Å². The number of pyridine rings is 1. The van der Waals surface area contributed by atoms with Gasteiger partial charge in [-0.25, -0.2) is 24.3 Å². The lowest BCUT2D eigenvalue weighted by Gasteiger charge is -2.16. The summed E-state index contributed by atoms with van der Waals surface area (Å²) >= 11 is 1.58. The molecule has 152 valence electrons. The van der Waals surface area contributed by atoms with Gasteiger partial charge in [-0.3, -0.25) is 0 Å². The molecule has 0 saturated carbocycles. The average molecular weight is 423 g/mol. The van der Waals surface area contributed by atoms with Crippen LogP contribution < -0.4 is 14.4 Å². The van der Waals surface area contributed by atoms with Gasteiger partial charge in [-0.2, -0.15) is 0 Å². The van der Waals surface area contributed by atoms with Crippen LogP contribution in [0.2, 0.25) is 0 Å². The monoisotopic (exact) mass is 423 g/mol. The number of methoxy groups -OCH3 is 1. The molecular formula is C21H18FN5O2S. The molecule has 4 aromatic rings. The fraction of sp³-hybridized carbons (Fsp3) is 0.143. The Morgan fingerprint density at radius 2 is 1.87 bits per heavy atom. The van der Waals surface area contributed by atoms with Crippen LogP contribution in [0.25, 0.3) is 11.1 Å². The molecule has 0 aliphatic heterocycles.